The van der Waals surface area contributed by atoms with Crippen molar-refractivity contribution in [1.29, 1.82) is 0 Å². The van der Waals surface area contributed by atoms with E-state index in [2.05, 4.69) is 38.1 Å². The quantitative estimate of drug-likeness (QED) is 0.877. The van der Waals surface area contributed by atoms with E-state index in [1.165, 1.54) is 12.8 Å². The van der Waals surface area contributed by atoms with E-state index < -0.39 is 0 Å². The van der Waals surface area contributed by atoms with E-state index in [0.29, 0.717) is 12.5 Å². The molecule has 1 aromatic rings. The topological polar surface area (TPSA) is 47.0 Å². The highest BCUT2D eigenvalue weighted by molar-refractivity contribution is 9.10. The van der Waals surface area contributed by atoms with Crippen molar-refractivity contribution in [2.75, 3.05) is 19.0 Å². The largest absolute Gasteiger partial charge is 0.377 e. The molecule has 0 bridgehead atoms. The first-order chi connectivity index (χ1) is 8.26. The Morgan fingerprint density at radius 2 is 2.18 bits per heavy atom. The van der Waals surface area contributed by atoms with Gasteiger partial charge in [-0.3, -0.25) is 0 Å². The average Bonchev–Trinajstić information content (AvgIpc) is 3.14. The molecule has 1 fully saturated rings. The van der Waals surface area contributed by atoms with Gasteiger partial charge in [-0.1, -0.05) is 6.92 Å². The molecule has 0 spiro atoms. The standard InChI is InChI=1S/C12H18BrN3O/c1-3-6-14-12-10(13)11(8-4-5-8)15-9(16-12)7-17-2/h8H,3-7H2,1-2H3,(H,14,15,16). The lowest BCUT2D eigenvalue weighted by molar-refractivity contribution is 0.177. The summed E-state index contributed by atoms with van der Waals surface area (Å²) in [5.41, 5.74) is 1.13. The van der Waals surface area contributed by atoms with E-state index in [1.54, 1.807) is 7.11 Å². The molecule has 0 saturated heterocycles. The number of nitrogens with zero attached hydrogens (tertiary/aromatic N) is 2. The Bertz CT molecular complexity index is 394. The van der Waals surface area contributed by atoms with Crippen LogP contribution in [-0.2, 0) is 11.3 Å². The molecule has 2 rings (SSSR count). The zero-order chi connectivity index (χ0) is 12.3. The van der Waals surface area contributed by atoms with E-state index in [0.717, 1.165) is 34.8 Å². The van der Waals surface area contributed by atoms with Crippen LogP contribution in [0.5, 0.6) is 0 Å². The van der Waals surface area contributed by atoms with Crippen molar-refractivity contribution in [3.8, 4) is 0 Å². The zero-order valence-electron chi connectivity index (χ0n) is 10.3. The molecule has 0 aromatic carbocycles. The Morgan fingerprint density at radius 1 is 1.41 bits per heavy atom. The summed E-state index contributed by atoms with van der Waals surface area (Å²) in [6, 6.07) is 0. The molecule has 0 amide bonds. The van der Waals surface area contributed by atoms with Gasteiger partial charge in [0, 0.05) is 19.6 Å². The lowest BCUT2D eigenvalue weighted by Gasteiger charge is -2.12. The molecule has 1 saturated carbocycles. The van der Waals surface area contributed by atoms with Crippen LogP contribution in [-0.4, -0.2) is 23.6 Å². The first-order valence-corrected chi connectivity index (χ1v) is 6.84. The van der Waals surface area contributed by atoms with Crippen LogP contribution in [0.25, 0.3) is 0 Å². The summed E-state index contributed by atoms with van der Waals surface area (Å²) < 4.78 is 6.14. The average molecular weight is 300 g/mol. The fourth-order valence-corrected chi connectivity index (χ4v) is 2.34. The lowest BCUT2D eigenvalue weighted by atomic mass is 10.2. The predicted molar refractivity (Wildman–Crippen MR) is 71.2 cm³/mol. The molecule has 94 valence electrons. The lowest BCUT2D eigenvalue weighted by Crippen LogP contribution is -2.09. The molecule has 0 radical (unpaired) electrons. The normalized spacial score (nSPS) is 15.0. The monoisotopic (exact) mass is 299 g/mol. The second kappa shape index (κ2) is 5.78. The van der Waals surface area contributed by atoms with Gasteiger partial charge in [0.05, 0.1) is 10.2 Å². The maximum absolute atomic E-state index is 5.11. The van der Waals surface area contributed by atoms with Crippen LogP contribution < -0.4 is 5.32 Å². The number of anilines is 1. The zero-order valence-corrected chi connectivity index (χ0v) is 11.9. The molecule has 1 aliphatic rings. The molecule has 4 nitrogen and oxygen atoms in total. The van der Waals surface area contributed by atoms with E-state index in [4.69, 9.17) is 4.74 Å². The number of nitrogens with one attached hydrogen (secondary N) is 1. The van der Waals surface area contributed by atoms with Crippen LogP contribution in [0.3, 0.4) is 0 Å². The van der Waals surface area contributed by atoms with Gasteiger partial charge in [0.25, 0.3) is 0 Å². The van der Waals surface area contributed by atoms with Crippen molar-refractivity contribution in [2.24, 2.45) is 0 Å². The summed E-state index contributed by atoms with van der Waals surface area (Å²) in [4.78, 5) is 9.05. The maximum Gasteiger partial charge on any atom is 0.156 e. The molecular formula is C12H18BrN3O. The number of hydrogen-bond acceptors (Lipinski definition) is 4. The van der Waals surface area contributed by atoms with Gasteiger partial charge < -0.3 is 10.1 Å². The van der Waals surface area contributed by atoms with E-state index >= 15 is 0 Å². The van der Waals surface area contributed by atoms with Gasteiger partial charge in [0.2, 0.25) is 0 Å². The summed E-state index contributed by atoms with van der Waals surface area (Å²) in [5, 5.41) is 3.33. The van der Waals surface area contributed by atoms with Crippen LogP contribution >= 0.6 is 15.9 Å². The number of rotatable bonds is 6. The number of aromatic nitrogens is 2. The second-order valence-electron chi connectivity index (χ2n) is 4.32. The summed E-state index contributed by atoms with van der Waals surface area (Å²) in [7, 11) is 1.67. The van der Waals surface area contributed by atoms with Gasteiger partial charge in [-0.2, -0.15) is 0 Å². The van der Waals surface area contributed by atoms with Crippen molar-refractivity contribution in [3.05, 3.63) is 16.0 Å². The summed E-state index contributed by atoms with van der Waals surface area (Å²) >= 11 is 3.61. The SMILES string of the molecule is CCCNc1nc(COC)nc(C2CC2)c1Br. The Labute approximate surface area is 110 Å². The number of hydrogen-bond donors (Lipinski definition) is 1. The van der Waals surface area contributed by atoms with Crippen LogP contribution in [0, 0.1) is 0 Å². The van der Waals surface area contributed by atoms with E-state index in [-0.39, 0.29) is 0 Å². The Hall–Kier alpha value is -0.680. The highest BCUT2D eigenvalue weighted by Gasteiger charge is 2.29. The van der Waals surface area contributed by atoms with Crippen molar-refractivity contribution >= 4 is 21.7 Å². The van der Waals surface area contributed by atoms with Gasteiger partial charge >= 0.3 is 0 Å². The minimum atomic E-state index is 0.466. The number of halogens is 1. The van der Waals surface area contributed by atoms with Crippen molar-refractivity contribution in [3.63, 3.8) is 0 Å². The van der Waals surface area contributed by atoms with Crippen LogP contribution in [0.2, 0.25) is 0 Å². The predicted octanol–water partition coefficient (Wildman–Crippen LogP) is 3.08. The van der Waals surface area contributed by atoms with Gasteiger partial charge in [0.15, 0.2) is 5.82 Å². The minimum absolute atomic E-state index is 0.466. The van der Waals surface area contributed by atoms with Crippen molar-refractivity contribution in [2.45, 2.75) is 38.7 Å². The minimum Gasteiger partial charge on any atom is -0.377 e. The molecule has 5 heteroatoms. The van der Waals surface area contributed by atoms with Crippen molar-refractivity contribution < 1.29 is 4.74 Å². The maximum atomic E-state index is 5.11. The third kappa shape index (κ3) is 3.16. The molecule has 0 atom stereocenters. The third-order valence-corrected chi connectivity index (χ3v) is 3.48. The molecule has 1 N–H and O–H groups in total. The highest BCUT2D eigenvalue weighted by atomic mass is 79.9. The molecule has 17 heavy (non-hydrogen) atoms. The van der Waals surface area contributed by atoms with Crippen LogP contribution in [0.4, 0.5) is 5.82 Å². The Morgan fingerprint density at radius 3 is 2.76 bits per heavy atom. The fraction of sp³-hybridized carbons (Fsp3) is 0.667. The highest BCUT2D eigenvalue weighted by Crippen LogP contribution is 2.43. The third-order valence-electron chi connectivity index (χ3n) is 2.70. The number of methoxy groups -OCH3 is 1. The molecule has 1 heterocycles. The first-order valence-electron chi connectivity index (χ1n) is 6.05. The molecule has 0 aliphatic heterocycles. The Balaban J connectivity index is 2.27. The molecular weight excluding hydrogens is 282 g/mol. The smallest absolute Gasteiger partial charge is 0.156 e. The second-order valence-corrected chi connectivity index (χ2v) is 5.11. The number of ether oxygens (including phenoxy) is 1. The summed E-state index contributed by atoms with van der Waals surface area (Å²) in [5.74, 6) is 2.26. The van der Waals surface area contributed by atoms with E-state index in [1.807, 2.05) is 0 Å². The van der Waals surface area contributed by atoms with Gasteiger partial charge in [0.1, 0.15) is 12.4 Å². The molecule has 1 aromatic heterocycles. The van der Waals surface area contributed by atoms with E-state index in [9.17, 15) is 0 Å². The van der Waals surface area contributed by atoms with Crippen LogP contribution in [0.1, 0.15) is 43.6 Å². The molecule has 0 unspecified atom stereocenters. The first kappa shape index (κ1) is 12.8. The molecule has 1 aliphatic carbocycles. The van der Waals surface area contributed by atoms with Gasteiger partial charge in [-0.25, -0.2) is 9.97 Å². The van der Waals surface area contributed by atoms with Gasteiger partial charge in [-0.05, 0) is 35.2 Å². The van der Waals surface area contributed by atoms with Crippen molar-refractivity contribution in [1.82, 2.24) is 9.97 Å². The van der Waals surface area contributed by atoms with Crippen LogP contribution in [0.15, 0.2) is 4.47 Å². The fourth-order valence-electron chi connectivity index (χ4n) is 1.69. The Kier molecular flexibility index (Phi) is 4.34. The summed E-state index contributed by atoms with van der Waals surface area (Å²) in [6.07, 6.45) is 3.54. The summed E-state index contributed by atoms with van der Waals surface area (Å²) in [6.45, 7) is 3.53. The van der Waals surface area contributed by atoms with Gasteiger partial charge in [-0.15, -0.1) is 0 Å².